The molecule has 4 fully saturated rings. The standard InChI is InChI=1S/C39H41BrO12/c1-33(2)28(49-32(45)39-15-13-37(8,30(43)52-39)35(39,5)6)27(48-31(44)38-14-12-36(7,29(42)51-38)34(38,3)4)24-22(50-33)17-21(46-9)23-25(41)19-11-10-18(40)16-20(19)47-26(23)24/h10-11,16-17,27-28H,12-15H2,1-9H3/t27-,28-,36?,37?,38-,39-/m1/s1. The minimum absolute atomic E-state index is 0.00466. The van der Waals surface area contributed by atoms with Crippen LogP contribution in [0.25, 0.3) is 21.9 Å². The van der Waals surface area contributed by atoms with Gasteiger partial charge in [-0.25, -0.2) is 9.59 Å². The number of hydrogen-bond donors (Lipinski definition) is 0. The summed E-state index contributed by atoms with van der Waals surface area (Å²) < 4.78 is 44.0. The lowest BCUT2D eigenvalue weighted by Gasteiger charge is -2.46. The Morgan fingerprint density at radius 1 is 0.769 bits per heavy atom. The Hall–Kier alpha value is -4.13. The van der Waals surface area contributed by atoms with Gasteiger partial charge in [0.15, 0.2) is 17.8 Å². The summed E-state index contributed by atoms with van der Waals surface area (Å²) in [6, 6.07) is 6.50. The first kappa shape index (κ1) is 34.9. The largest absolute Gasteiger partial charge is 0.496 e. The first-order valence-corrected chi connectivity index (χ1v) is 18.3. The molecule has 0 N–H and O–H groups in total. The maximum atomic E-state index is 14.7. The topological polar surface area (TPSA) is 154 Å². The van der Waals surface area contributed by atoms with Gasteiger partial charge in [0.2, 0.25) is 16.6 Å². The molecule has 2 aliphatic carbocycles. The summed E-state index contributed by atoms with van der Waals surface area (Å²) in [5, 5.41) is 0.334. The van der Waals surface area contributed by atoms with E-state index in [-0.39, 0.29) is 51.8 Å². The molecule has 0 spiro atoms. The maximum Gasteiger partial charge on any atom is 0.351 e. The monoisotopic (exact) mass is 780 g/mol. The van der Waals surface area contributed by atoms with Gasteiger partial charge in [-0.15, -0.1) is 0 Å². The smallest absolute Gasteiger partial charge is 0.351 e. The minimum atomic E-state index is -1.65. The normalized spacial score (nSPS) is 34.4. The van der Waals surface area contributed by atoms with Gasteiger partial charge in [0.1, 0.15) is 28.1 Å². The summed E-state index contributed by atoms with van der Waals surface area (Å²) in [6.45, 7) is 14.2. The van der Waals surface area contributed by atoms with E-state index in [1.165, 1.54) is 13.2 Å². The Morgan fingerprint density at radius 2 is 1.33 bits per heavy atom. The molecule has 5 aliphatic rings. The van der Waals surface area contributed by atoms with Gasteiger partial charge in [0.05, 0.1) is 28.9 Å². The number of carbonyl (C=O) groups is 4. The van der Waals surface area contributed by atoms with Crippen LogP contribution in [0.15, 0.2) is 37.9 Å². The van der Waals surface area contributed by atoms with Crippen molar-refractivity contribution >= 4 is 61.7 Å². The van der Waals surface area contributed by atoms with Crippen molar-refractivity contribution in [2.75, 3.05) is 7.11 Å². The van der Waals surface area contributed by atoms with Crippen molar-refractivity contribution in [1.29, 1.82) is 0 Å². The maximum absolute atomic E-state index is 14.7. The first-order chi connectivity index (χ1) is 24.1. The highest BCUT2D eigenvalue weighted by Crippen LogP contribution is 2.68. The Bertz CT molecular complexity index is 2240. The van der Waals surface area contributed by atoms with E-state index in [9.17, 15) is 24.0 Å². The summed E-state index contributed by atoms with van der Waals surface area (Å²) in [5.74, 6) is -2.32. The molecule has 4 bridgehead atoms. The molecule has 4 heterocycles. The molecule has 6 atom stereocenters. The molecular weight excluding hydrogens is 740 g/mol. The van der Waals surface area contributed by atoms with Crippen LogP contribution < -0.4 is 14.9 Å². The molecular formula is C39H41BrO12. The van der Waals surface area contributed by atoms with Crippen LogP contribution in [0.5, 0.6) is 11.5 Å². The highest BCUT2D eigenvalue weighted by molar-refractivity contribution is 9.10. The fourth-order valence-corrected chi connectivity index (χ4v) is 9.82. The van der Waals surface area contributed by atoms with Crippen molar-refractivity contribution in [3.05, 3.63) is 44.5 Å². The second-order valence-corrected chi connectivity index (χ2v) is 17.9. The Labute approximate surface area is 307 Å². The van der Waals surface area contributed by atoms with Crippen LogP contribution in [0.2, 0.25) is 0 Å². The predicted molar refractivity (Wildman–Crippen MR) is 188 cm³/mol. The minimum Gasteiger partial charge on any atom is -0.496 e. The van der Waals surface area contributed by atoms with Crippen molar-refractivity contribution in [2.45, 2.75) is 110 Å². The van der Waals surface area contributed by atoms with Crippen LogP contribution in [-0.2, 0) is 38.1 Å². The molecule has 0 amide bonds. The molecule has 8 rings (SSSR count). The third-order valence-corrected chi connectivity index (χ3v) is 14.5. The van der Waals surface area contributed by atoms with Gasteiger partial charge in [0, 0.05) is 21.4 Å². The van der Waals surface area contributed by atoms with Crippen LogP contribution >= 0.6 is 15.9 Å². The van der Waals surface area contributed by atoms with E-state index in [4.69, 9.17) is 32.8 Å². The van der Waals surface area contributed by atoms with Crippen molar-refractivity contribution in [3.8, 4) is 11.5 Å². The zero-order chi connectivity index (χ0) is 37.8. The summed E-state index contributed by atoms with van der Waals surface area (Å²) in [4.78, 5) is 69.8. The second-order valence-electron chi connectivity index (χ2n) is 17.0. The molecule has 0 radical (unpaired) electrons. The van der Waals surface area contributed by atoms with E-state index in [1.54, 1.807) is 45.9 Å². The Morgan fingerprint density at radius 3 is 1.83 bits per heavy atom. The van der Waals surface area contributed by atoms with Crippen LogP contribution in [0.1, 0.15) is 92.7 Å². The molecule has 3 aliphatic heterocycles. The number of methoxy groups -OCH3 is 1. The molecule has 2 aromatic carbocycles. The zero-order valence-corrected chi connectivity index (χ0v) is 32.2. The summed E-state index contributed by atoms with van der Waals surface area (Å²) in [7, 11) is 1.41. The molecule has 12 nitrogen and oxygen atoms in total. The summed E-state index contributed by atoms with van der Waals surface area (Å²) in [5.41, 5.74) is -8.47. The second kappa shape index (κ2) is 10.3. The van der Waals surface area contributed by atoms with Gasteiger partial charge in [-0.3, -0.25) is 14.4 Å². The summed E-state index contributed by atoms with van der Waals surface area (Å²) in [6.07, 6.45) is -1.57. The van der Waals surface area contributed by atoms with Gasteiger partial charge in [-0.2, -0.15) is 0 Å². The average molecular weight is 782 g/mol. The highest BCUT2D eigenvalue weighted by Gasteiger charge is 2.78. The summed E-state index contributed by atoms with van der Waals surface area (Å²) >= 11 is 3.44. The number of esters is 4. The van der Waals surface area contributed by atoms with E-state index in [1.807, 2.05) is 27.7 Å². The lowest BCUT2D eigenvalue weighted by atomic mass is 9.66. The third-order valence-electron chi connectivity index (χ3n) is 14.0. The predicted octanol–water partition coefficient (Wildman–Crippen LogP) is 6.63. The van der Waals surface area contributed by atoms with Gasteiger partial charge in [-0.1, -0.05) is 43.6 Å². The SMILES string of the molecule is COc1cc2c(c3oc4cc(Br)ccc4c(=O)c13)[C@@H](OC(=O)[C@@]13CCC(C)(C(=O)O1)C3(C)C)[C@@H](OC(=O)[C@@]13CCC(C)(C(=O)O1)C3(C)C)C(C)(C)O2. The van der Waals surface area contributed by atoms with Crippen molar-refractivity contribution in [1.82, 2.24) is 0 Å². The molecule has 3 aromatic rings. The fourth-order valence-electron chi connectivity index (χ4n) is 9.48. The Balaban J connectivity index is 1.34. The van der Waals surface area contributed by atoms with E-state index >= 15 is 0 Å². The number of carbonyl (C=O) groups excluding carboxylic acids is 4. The number of hydrogen-bond acceptors (Lipinski definition) is 12. The van der Waals surface area contributed by atoms with Crippen molar-refractivity contribution in [3.63, 3.8) is 0 Å². The highest BCUT2D eigenvalue weighted by atomic mass is 79.9. The number of fused-ring (bicyclic) bond motifs is 8. The van der Waals surface area contributed by atoms with Crippen molar-refractivity contribution in [2.24, 2.45) is 21.7 Å². The molecule has 2 saturated heterocycles. The number of rotatable bonds is 5. The van der Waals surface area contributed by atoms with E-state index in [0.29, 0.717) is 17.3 Å². The molecule has 52 heavy (non-hydrogen) atoms. The van der Waals surface area contributed by atoms with Crippen molar-refractivity contribution < 1.29 is 52.0 Å². The fraction of sp³-hybridized carbons (Fsp3) is 0.564. The number of halogens is 1. The Kier molecular flexibility index (Phi) is 6.92. The van der Waals surface area contributed by atoms with E-state index in [0.717, 1.165) is 0 Å². The average Bonchev–Trinajstić information content (AvgIpc) is 3.53. The van der Waals surface area contributed by atoms with Crippen LogP contribution in [-0.4, -0.2) is 53.9 Å². The van der Waals surface area contributed by atoms with Gasteiger partial charge in [0.25, 0.3) is 0 Å². The third kappa shape index (κ3) is 3.90. The lowest BCUT2D eigenvalue weighted by molar-refractivity contribution is -0.217. The van der Waals surface area contributed by atoms with Gasteiger partial charge >= 0.3 is 23.9 Å². The molecule has 2 saturated carbocycles. The number of ether oxygens (including phenoxy) is 6. The molecule has 2 unspecified atom stereocenters. The quantitative estimate of drug-likeness (QED) is 0.155. The van der Waals surface area contributed by atoms with E-state index < -0.39 is 80.0 Å². The molecule has 276 valence electrons. The lowest BCUT2D eigenvalue weighted by Crippen LogP contribution is -2.57. The van der Waals surface area contributed by atoms with E-state index in [2.05, 4.69) is 15.9 Å². The van der Waals surface area contributed by atoms with Crippen LogP contribution in [0.4, 0.5) is 0 Å². The number of benzene rings is 2. The van der Waals surface area contributed by atoms with Crippen LogP contribution in [0, 0.1) is 21.7 Å². The van der Waals surface area contributed by atoms with Crippen LogP contribution in [0.3, 0.4) is 0 Å². The molecule has 1 aromatic heterocycles. The first-order valence-electron chi connectivity index (χ1n) is 17.5. The molecule has 13 heteroatoms. The van der Waals surface area contributed by atoms with Gasteiger partial charge in [-0.05, 0) is 71.6 Å². The zero-order valence-electron chi connectivity index (χ0n) is 30.6. The van der Waals surface area contributed by atoms with Gasteiger partial charge < -0.3 is 32.8 Å².